The monoisotopic (exact) mass is 611 g/mol. The molecule has 1 aliphatic heterocycles. The van der Waals surface area contributed by atoms with Gasteiger partial charge in [-0.15, -0.1) is 0 Å². The number of nitro benzene ring substituents is 1. The lowest BCUT2D eigenvalue weighted by Crippen LogP contribution is -2.43. The van der Waals surface area contributed by atoms with Gasteiger partial charge in [-0.2, -0.15) is 0 Å². The van der Waals surface area contributed by atoms with Crippen LogP contribution in [0.4, 0.5) is 23.7 Å². The average molecular weight is 611 g/mol. The molecule has 1 aromatic heterocycles. The normalized spacial score (nSPS) is 15.9. The van der Waals surface area contributed by atoms with E-state index in [2.05, 4.69) is 0 Å². The Labute approximate surface area is 212 Å². The van der Waals surface area contributed by atoms with Crippen molar-refractivity contribution in [1.29, 1.82) is 0 Å². The van der Waals surface area contributed by atoms with E-state index >= 15 is 0 Å². The smallest absolute Gasteiger partial charge is 0.410 e. The molecule has 0 bridgehead atoms. The second-order valence-electron chi connectivity index (χ2n) is 9.14. The number of Topliss-reactive ketones (excluding diaryl/α,β-unsaturated/α-hetero) is 1. The molecule has 0 spiro atoms. The molecule has 2 heterocycles. The molecule has 1 atom stereocenters. The largest absolute Gasteiger partial charge is 0.479 e. The Morgan fingerprint density at radius 2 is 1.86 bits per heavy atom. The number of carbonyl (C=O) groups excluding carboxylic acids is 2. The summed E-state index contributed by atoms with van der Waals surface area (Å²) in [6.45, 7) is 5.51. The zero-order chi connectivity index (χ0) is 26.1. The molecule has 1 amide bonds. The van der Waals surface area contributed by atoms with E-state index in [-0.39, 0.29) is 26.1 Å². The Hall–Kier alpha value is -2.58. The van der Waals surface area contributed by atoms with Crippen molar-refractivity contribution in [2.45, 2.75) is 51.9 Å². The number of halogens is 4. The molecule has 0 aliphatic carbocycles. The minimum Gasteiger partial charge on any atom is -0.479 e. The van der Waals surface area contributed by atoms with Crippen LogP contribution in [0.3, 0.4) is 0 Å². The Morgan fingerprint density at radius 1 is 1.23 bits per heavy atom. The van der Waals surface area contributed by atoms with Gasteiger partial charge >= 0.3 is 11.8 Å². The van der Waals surface area contributed by atoms with Crippen LogP contribution < -0.4 is 4.74 Å². The Balaban J connectivity index is 1.70. The minimum atomic E-state index is -3.31. The van der Waals surface area contributed by atoms with E-state index in [1.807, 2.05) is 0 Å². The van der Waals surface area contributed by atoms with E-state index in [9.17, 15) is 32.9 Å². The van der Waals surface area contributed by atoms with E-state index in [1.165, 1.54) is 23.1 Å². The van der Waals surface area contributed by atoms with Gasteiger partial charge in [0.15, 0.2) is 11.5 Å². The summed E-state index contributed by atoms with van der Waals surface area (Å²) in [6.07, 6.45) is -5.63. The number of benzene rings is 1. The zero-order valence-electron chi connectivity index (χ0n) is 19.3. The number of fused-ring (bicyclic) bond motifs is 1. The summed E-state index contributed by atoms with van der Waals surface area (Å²) >= 11 is 1.62. The van der Waals surface area contributed by atoms with Crippen molar-refractivity contribution in [1.82, 2.24) is 9.47 Å². The summed E-state index contributed by atoms with van der Waals surface area (Å²) in [6, 6.07) is 3.65. The topological polar surface area (TPSA) is 104 Å². The van der Waals surface area contributed by atoms with Gasteiger partial charge in [0, 0.05) is 19.0 Å². The Bertz CT molecular complexity index is 1130. The molecule has 13 heteroatoms. The second kappa shape index (κ2) is 10.6. The number of amides is 1. The quantitative estimate of drug-likeness (QED) is 0.233. The zero-order valence-corrected chi connectivity index (χ0v) is 21.5. The van der Waals surface area contributed by atoms with Crippen molar-refractivity contribution < 1.29 is 37.2 Å². The van der Waals surface area contributed by atoms with Crippen LogP contribution in [-0.4, -0.2) is 58.0 Å². The lowest BCUT2D eigenvalue weighted by atomic mass is 9.93. The van der Waals surface area contributed by atoms with Gasteiger partial charge in [-0.3, -0.25) is 19.5 Å². The Kier molecular flexibility index (Phi) is 8.17. The minimum absolute atomic E-state index is 0.0541. The van der Waals surface area contributed by atoms with Gasteiger partial charge < -0.3 is 14.4 Å². The van der Waals surface area contributed by atoms with E-state index in [0.717, 1.165) is 0 Å². The standard InChI is InChI=1S/C22H25F3IN3O6/c1-22(2,3)35-21(31)27-8-6-12(7-9-27)15(30)11-34-16-5-4-14-13(18(16)29(32)33)10-17(26)28(14)20(25)19(23)24/h4-5,10,12,19-20H,6-9,11H2,1-3H3. The molecule has 1 saturated heterocycles. The first-order valence-corrected chi connectivity index (χ1v) is 11.9. The predicted octanol–water partition coefficient (Wildman–Crippen LogP) is 5.48. The molecule has 1 aromatic carbocycles. The van der Waals surface area contributed by atoms with Gasteiger partial charge in [0.1, 0.15) is 12.2 Å². The number of nitrogens with zero attached hydrogens (tertiary/aromatic N) is 3. The van der Waals surface area contributed by atoms with Gasteiger partial charge in [-0.05, 0) is 74.4 Å². The SMILES string of the molecule is CC(C)(C)OC(=O)N1CCC(C(=O)COc2ccc3c(cc(I)n3C(F)C(F)F)c2[N+](=O)[O-])CC1. The maximum atomic E-state index is 14.1. The number of hydrogen-bond acceptors (Lipinski definition) is 6. The van der Waals surface area contributed by atoms with Crippen LogP contribution >= 0.6 is 22.6 Å². The van der Waals surface area contributed by atoms with E-state index < -0.39 is 47.6 Å². The van der Waals surface area contributed by atoms with Crippen molar-refractivity contribution in [3.63, 3.8) is 0 Å². The molecular formula is C22H25F3IN3O6. The van der Waals surface area contributed by atoms with Crippen LogP contribution in [-0.2, 0) is 9.53 Å². The summed E-state index contributed by atoms with van der Waals surface area (Å²) in [5.41, 5.74) is -1.24. The summed E-state index contributed by atoms with van der Waals surface area (Å²) in [7, 11) is 0. The van der Waals surface area contributed by atoms with Crippen LogP contribution in [0.15, 0.2) is 18.2 Å². The number of ether oxygens (including phenoxy) is 2. The summed E-state index contributed by atoms with van der Waals surface area (Å²) < 4.78 is 51.5. The van der Waals surface area contributed by atoms with E-state index in [1.54, 1.807) is 43.4 Å². The van der Waals surface area contributed by atoms with Crippen LogP contribution in [0.25, 0.3) is 10.9 Å². The van der Waals surface area contributed by atoms with Crippen molar-refractivity contribution >= 4 is 51.1 Å². The number of likely N-dealkylation sites (tertiary alicyclic amines) is 1. The lowest BCUT2D eigenvalue weighted by molar-refractivity contribution is -0.384. The molecule has 0 radical (unpaired) electrons. The number of piperidine rings is 1. The third-order valence-electron chi connectivity index (χ3n) is 5.52. The van der Waals surface area contributed by atoms with Crippen LogP contribution in [0.5, 0.6) is 5.75 Å². The first-order chi connectivity index (χ1) is 16.3. The fourth-order valence-corrected chi connectivity index (χ4v) is 4.72. The highest BCUT2D eigenvalue weighted by Gasteiger charge is 2.32. The maximum Gasteiger partial charge on any atom is 0.410 e. The second-order valence-corrected chi connectivity index (χ2v) is 10.2. The van der Waals surface area contributed by atoms with Gasteiger partial charge in [0.25, 0.3) is 6.43 Å². The van der Waals surface area contributed by atoms with Crippen LogP contribution in [0.1, 0.15) is 39.9 Å². The predicted molar refractivity (Wildman–Crippen MR) is 128 cm³/mol. The van der Waals surface area contributed by atoms with Crippen molar-refractivity contribution in [2.24, 2.45) is 5.92 Å². The highest BCUT2D eigenvalue weighted by molar-refractivity contribution is 14.1. The van der Waals surface area contributed by atoms with Crippen LogP contribution in [0, 0.1) is 19.7 Å². The van der Waals surface area contributed by atoms with Gasteiger partial charge in [0.2, 0.25) is 6.30 Å². The summed E-state index contributed by atoms with van der Waals surface area (Å²) in [4.78, 5) is 37.4. The molecular weight excluding hydrogens is 586 g/mol. The highest BCUT2D eigenvalue weighted by Crippen LogP contribution is 2.39. The molecule has 0 saturated carbocycles. The molecule has 9 nitrogen and oxygen atoms in total. The molecule has 2 aromatic rings. The first kappa shape index (κ1) is 27.0. The lowest BCUT2D eigenvalue weighted by Gasteiger charge is -2.32. The number of alkyl halides is 3. The molecule has 0 N–H and O–H groups in total. The Morgan fingerprint density at radius 3 is 2.40 bits per heavy atom. The van der Waals surface area contributed by atoms with E-state index in [0.29, 0.717) is 30.5 Å². The number of ketones is 1. The summed E-state index contributed by atoms with van der Waals surface area (Å²) in [5.74, 6) is -0.892. The van der Waals surface area contributed by atoms with Gasteiger partial charge in [-0.1, -0.05) is 0 Å². The van der Waals surface area contributed by atoms with Gasteiger partial charge in [-0.25, -0.2) is 18.0 Å². The number of aromatic nitrogens is 1. The van der Waals surface area contributed by atoms with Crippen LogP contribution in [0.2, 0.25) is 0 Å². The molecule has 35 heavy (non-hydrogen) atoms. The molecule has 3 rings (SSSR count). The first-order valence-electron chi connectivity index (χ1n) is 10.8. The molecule has 1 aliphatic rings. The summed E-state index contributed by atoms with van der Waals surface area (Å²) in [5, 5.41) is 11.7. The third kappa shape index (κ3) is 6.16. The van der Waals surface area contributed by atoms with Crippen molar-refractivity contribution in [3.8, 4) is 5.75 Å². The number of carbonyl (C=O) groups is 2. The third-order valence-corrected chi connectivity index (χ3v) is 6.35. The van der Waals surface area contributed by atoms with Gasteiger partial charge in [0.05, 0.1) is 19.5 Å². The number of hydrogen-bond donors (Lipinski definition) is 0. The maximum absolute atomic E-state index is 14.1. The van der Waals surface area contributed by atoms with Crippen molar-refractivity contribution in [2.75, 3.05) is 19.7 Å². The van der Waals surface area contributed by atoms with Crippen molar-refractivity contribution in [3.05, 3.63) is 32.0 Å². The molecule has 192 valence electrons. The highest BCUT2D eigenvalue weighted by atomic mass is 127. The number of rotatable bonds is 7. The molecule has 1 unspecified atom stereocenters. The van der Waals surface area contributed by atoms with E-state index in [4.69, 9.17) is 9.47 Å². The fourth-order valence-electron chi connectivity index (χ4n) is 3.88. The number of nitro groups is 1. The molecule has 1 fully saturated rings. The fraction of sp³-hybridized carbons (Fsp3) is 0.545. The average Bonchev–Trinajstić information content (AvgIpc) is 3.10.